The van der Waals surface area contributed by atoms with Crippen molar-refractivity contribution in [3.05, 3.63) is 70.1 Å². The van der Waals surface area contributed by atoms with Crippen molar-refractivity contribution in [2.24, 2.45) is 0 Å². The standard InChI is InChI=1S/C22H26N4O6S2/c1-34(30,31)20-14-25-22(33-20)26-21(29)17-4-2-3-5-18(17)32-19(28)13-24-11-10-23-12-15-6-8-16(27)9-7-15/h2-9,14,22-25,27H,10-13H2,1H3,(H,26,29). The van der Waals surface area contributed by atoms with Gasteiger partial charge in [0.25, 0.3) is 5.91 Å². The number of sulfone groups is 1. The third-order valence-electron chi connectivity index (χ3n) is 4.58. The molecule has 12 heteroatoms. The number of thioether (sulfide) groups is 1. The molecule has 0 aliphatic carbocycles. The fraction of sp³-hybridized carbons (Fsp3) is 0.273. The van der Waals surface area contributed by atoms with Crippen LogP contribution in [0.15, 0.2) is 59.0 Å². The Bertz CT molecular complexity index is 1150. The average Bonchev–Trinajstić information content (AvgIpc) is 3.27. The fourth-order valence-electron chi connectivity index (χ4n) is 2.91. The van der Waals surface area contributed by atoms with Crippen LogP contribution in [0.4, 0.5) is 0 Å². The van der Waals surface area contributed by atoms with Crippen molar-refractivity contribution in [3.63, 3.8) is 0 Å². The molecule has 34 heavy (non-hydrogen) atoms. The summed E-state index contributed by atoms with van der Waals surface area (Å²) in [6.07, 6.45) is 2.42. The van der Waals surface area contributed by atoms with Crippen LogP contribution >= 0.6 is 11.8 Å². The normalized spacial score (nSPS) is 15.3. The summed E-state index contributed by atoms with van der Waals surface area (Å²) >= 11 is 0.972. The maximum absolute atomic E-state index is 12.7. The van der Waals surface area contributed by atoms with E-state index in [1.54, 1.807) is 24.3 Å². The molecule has 182 valence electrons. The topological polar surface area (TPSA) is 146 Å². The Balaban J connectivity index is 1.41. The van der Waals surface area contributed by atoms with Crippen LogP contribution in [0.1, 0.15) is 15.9 Å². The van der Waals surface area contributed by atoms with Gasteiger partial charge in [0.2, 0.25) is 0 Å². The number of hydrogen-bond acceptors (Lipinski definition) is 10. The molecule has 0 fully saturated rings. The van der Waals surface area contributed by atoms with Crippen molar-refractivity contribution >= 4 is 33.5 Å². The van der Waals surface area contributed by atoms with Crippen molar-refractivity contribution < 1.29 is 27.9 Å². The lowest BCUT2D eigenvalue weighted by Crippen LogP contribution is -2.39. The van der Waals surface area contributed by atoms with Gasteiger partial charge < -0.3 is 31.1 Å². The molecule has 0 bridgehead atoms. The Hall–Kier alpha value is -3.06. The summed E-state index contributed by atoms with van der Waals surface area (Å²) in [5.41, 5.74) is 0.528. The van der Waals surface area contributed by atoms with Crippen molar-refractivity contribution in [2.45, 2.75) is 12.0 Å². The molecule has 0 spiro atoms. The molecule has 0 aromatic heterocycles. The van der Waals surface area contributed by atoms with Crippen molar-refractivity contribution in [1.29, 1.82) is 0 Å². The molecule has 0 saturated carbocycles. The number of para-hydroxylation sites is 1. The van der Waals surface area contributed by atoms with Crippen molar-refractivity contribution in [1.82, 2.24) is 21.3 Å². The molecule has 1 heterocycles. The Kier molecular flexibility index (Phi) is 8.93. The minimum Gasteiger partial charge on any atom is -0.508 e. The maximum Gasteiger partial charge on any atom is 0.325 e. The number of esters is 1. The molecule has 2 aromatic carbocycles. The molecular formula is C22H26N4O6S2. The SMILES string of the molecule is CS(=O)(=O)C1=CNC(NC(=O)c2ccccc2OC(=O)CNCCNCc2ccc(O)cc2)S1. The Morgan fingerprint density at radius 2 is 1.79 bits per heavy atom. The number of phenolic OH excluding ortho intramolecular Hbond substituents is 1. The lowest BCUT2D eigenvalue weighted by atomic mass is 10.2. The number of rotatable bonds is 11. The quantitative estimate of drug-likeness (QED) is 0.169. The maximum atomic E-state index is 12.7. The van der Waals surface area contributed by atoms with Crippen LogP contribution in [0.5, 0.6) is 11.5 Å². The number of nitrogens with one attached hydrogen (secondary N) is 4. The average molecular weight is 507 g/mol. The molecule has 3 rings (SSSR count). The van der Waals surface area contributed by atoms with E-state index in [0.717, 1.165) is 23.6 Å². The molecule has 0 radical (unpaired) electrons. The van der Waals surface area contributed by atoms with E-state index in [-0.39, 0.29) is 27.8 Å². The number of carbonyl (C=O) groups is 2. The molecule has 10 nitrogen and oxygen atoms in total. The highest BCUT2D eigenvalue weighted by molar-refractivity contribution is 8.18. The van der Waals surface area contributed by atoms with Crippen molar-refractivity contribution in [2.75, 3.05) is 25.9 Å². The first-order chi connectivity index (χ1) is 16.2. The molecule has 0 saturated heterocycles. The van der Waals surface area contributed by atoms with Crippen LogP contribution in [-0.2, 0) is 21.2 Å². The highest BCUT2D eigenvalue weighted by Gasteiger charge is 2.26. The second-order valence-corrected chi connectivity index (χ2v) is 10.8. The van der Waals surface area contributed by atoms with E-state index in [0.29, 0.717) is 19.6 Å². The van der Waals surface area contributed by atoms with Gasteiger partial charge >= 0.3 is 5.97 Å². The van der Waals surface area contributed by atoms with Gasteiger partial charge in [0.1, 0.15) is 15.7 Å². The van der Waals surface area contributed by atoms with Crippen LogP contribution in [-0.4, -0.2) is 56.8 Å². The van der Waals surface area contributed by atoms with E-state index in [9.17, 15) is 23.1 Å². The minimum atomic E-state index is -3.37. The van der Waals surface area contributed by atoms with E-state index < -0.39 is 27.2 Å². The largest absolute Gasteiger partial charge is 0.508 e. The van der Waals surface area contributed by atoms with Gasteiger partial charge in [-0.05, 0) is 29.8 Å². The summed E-state index contributed by atoms with van der Waals surface area (Å²) in [5, 5.41) is 20.9. The molecule has 1 aliphatic rings. The molecule has 1 unspecified atom stereocenters. The number of phenols is 1. The molecule has 1 aliphatic heterocycles. The Labute approximate surface area is 202 Å². The van der Waals surface area contributed by atoms with E-state index >= 15 is 0 Å². The number of ether oxygens (including phenoxy) is 1. The lowest BCUT2D eigenvalue weighted by Gasteiger charge is -2.15. The van der Waals surface area contributed by atoms with Gasteiger partial charge in [-0.1, -0.05) is 36.0 Å². The minimum absolute atomic E-state index is 0.0431. The van der Waals surface area contributed by atoms with Crippen LogP contribution in [0, 0.1) is 0 Å². The van der Waals surface area contributed by atoms with Gasteiger partial charge in [0.05, 0.1) is 12.1 Å². The van der Waals surface area contributed by atoms with Gasteiger partial charge in [0, 0.05) is 32.1 Å². The molecule has 2 aromatic rings. The van der Waals surface area contributed by atoms with Crippen LogP contribution in [0.3, 0.4) is 0 Å². The molecule has 5 N–H and O–H groups in total. The smallest absolute Gasteiger partial charge is 0.325 e. The number of aromatic hydroxyl groups is 1. The zero-order chi connectivity index (χ0) is 24.6. The van der Waals surface area contributed by atoms with Crippen molar-refractivity contribution in [3.8, 4) is 11.5 Å². The van der Waals surface area contributed by atoms with Gasteiger partial charge in [-0.25, -0.2) is 8.42 Å². The molecule has 1 atom stereocenters. The predicted molar refractivity (Wildman–Crippen MR) is 130 cm³/mol. The first-order valence-electron chi connectivity index (χ1n) is 10.4. The van der Waals surface area contributed by atoms with Crippen LogP contribution < -0.4 is 26.0 Å². The predicted octanol–water partition coefficient (Wildman–Crippen LogP) is 0.870. The van der Waals surface area contributed by atoms with Gasteiger partial charge in [-0.15, -0.1) is 0 Å². The van der Waals surface area contributed by atoms with Gasteiger partial charge in [-0.2, -0.15) is 0 Å². The third kappa shape index (κ3) is 7.76. The highest BCUT2D eigenvalue weighted by atomic mass is 32.3. The second kappa shape index (κ2) is 11.9. The summed E-state index contributed by atoms with van der Waals surface area (Å²) in [6.45, 7) is 1.72. The summed E-state index contributed by atoms with van der Waals surface area (Å²) in [4.78, 5) is 24.9. The third-order valence-corrected chi connectivity index (χ3v) is 7.47. The lowest BCUT2D eigenvalue weighted by molar-refractivity contribution is -0.133. The molecule has 1 amide bonds. The summed E-state index contributed by atoms with van der Waals surface area (Å²) in [6, 6.07) is 13.2. The highest BCUT2D eigenvalue weighted by Crippen LogP contribution is 2.28. The van der Waals surface area contributed by atoms with Gasteiger partial charge in [-0.3, -0.25) is 9.59 Å². The molecular weight excluding hydrogens is 480 g/mol. The van der Waals surface area contributed by atoms with E-state index in [2.05, 4.69) is 21.3 Å². The first kappa shape index (κ1) is 25.6. The summed E-state index contributed by atoms with van der Waals surface area (Å²) < 4.78 is 28.7. The number of carbonyl (C=O) groups excluding carboxylic acids is 2. The Morgan fingerprint density at radius 3 is 2.50 bits per heavy atom. The zero-order valence-corrected chi connectivity index (χ0v) is 20.0. The van der Waals surface area contributed by atoms with E-state index in [1.807, 2.05) is 12.1 Å². The number of benzene rings is 2. The second-order valence-electron chi connectivity index (χ2n) is 7.36. The van der Waals surface area contributed by atoms with E-state index in [1.165, 1.54) is 18.3 Å². The van der Waals surface area contributed by atoms with Gasteiger partial charge in [0.15, 0.2) is 15.3 Å². The summed E-state index contributed by atoms with van der Waals surface area (Å²) in [5.74, 6) is -0.733. The number of amides is 1. The Morgan fingerprint density at radius 1 is 1.09 bits per heavy atom. The first-order valence-corrected chi connectivity index (χ1v) is 13.1. The monoisotopic (exact) mass is 506 g/mol. The fourth-order valence-corrected chi connectivity index (χ4v) is 4.85. The summed E-state index contributed by atoms with van der Waals surface area (Å²) in [7, 11) is -3.37. The zero-order valence-electron chi connectivity index (χ0n) is 18.4. The number of hydrogen-bond donors (Lipinski definition) is 5. The van der Waals surface area contributed by atoms with Crippen LogP contribution in [0.2, 0.25) is 0 Å². The van der Waals surface area contributed by atoms with E-state index in [4.69, 9.17) is 4.74 Å². The van der Waals surface area contributed by atoms with Crippen LogP contribution in [0.25, 0.3) is 0 Å².